The van der Waals surface area contributed by atoms with Crippen molar-refractivity contribution in [1.29, 1.82) is 0 Å². The minimum Gasteiger partial charge on any atom is -0.480 e. The molecule has 1 aliphatic rings. The van der Waals surface area contributed by atoms with Crippen LogP contribution in [0.25, 0.3) is 0 Å². The van der Waals surface area contributed by atoms with Crippen LogP contribution in [0.15, 0.2) is 0 Å². The number of urea groups is 1. The van der Waals surface area contributed by atoms with Crippen LogP contribution in [-0.2, 0) is 4.79 Å². The SMILES string of the molecule is CCCC[C@H](NC(=O)NC1CCC(C)CC1)C(=O)O. The van der Waals surface area contributed by atoms with Gasteiger partial charge in [0, 0.05) is 6.04 Å². The first kappa shape index (κ1) is 15.8. The maximum atomic E-state index is 11.8. The van der Waals surface area contributed by atoms with Crippen molar-refractivity contribution in [3.8, 4) is 0 Å². The molecule has 0 heterocycles. The predicted octanol–water partition coefficient (Wildman–Crippen LogP) is 2.51. The zero-order valence-electron chi connectivity index (χ0n) is 11.9. The fourth-order valence-corrected chi connectivity index (χ4v) is 2.46. The molecule has 1 fully saturated rings. The van der Waals surface area contributed by atoms with Gasteiger partial charge in [-0.25, -0.2) is 9.59 Å². The van der Waals surface area contributed by atoms with Gasteiger partial charge in [0.05, 0.1) is 0 Å². The number of carboxylic acids is 1. The molecule has 0 unspecified atom stereocenters. The van der Waals surface area contributed by atoms with Gasteiger partial charge in [-0.1, -0.05) is 26.7 Å². The molecule has 0 spiro atoms. The van der Waals surface area contributed by atoms with Gasteiger partial charge in [-0.2, -0.15) is 0 Å². The van der Waals surface area contributed by atoms with Crippen LogP contribution >= 0.6 is 0 Å². The predicted molar refractivity (Wildman–Crippen MR) is 74.0 cm³/mol. The molecule has 1 aliphatic carbocycles. The van der Waals surface area contributed by atoms with Gasteiger partial charge in [0.1, 0.15) is 6.04 Å². The van der Waals surface area contributed by atoms with Crippen LogP contribution < -0.4 is 10.6 Å². The maximum absolute atomic E-state index is 11.8. The summed E-state index contributed by atoms with van der Waals surface area (Å²) < 4.78 is 0. The van der Waals surface area contributed by atoms with Crippen molar-refractivity contribution in [2.45, 2.75) is 70.9 Å². The Morgan fingerprint density at radius 3 is 2.42 bits per heavy atom. The number of hydrogen-bond donors (Lipinski definition) is 3. The van der Waals surface area contributed by atoms with E-state index in [1.807, 2.05) is 6.92 Å². The van der Waals surface area contributed by atoms with Gasteiger partial charge in [0.15, 0.2) is 0 Å². The molecule has 0 aromatic carbocycles. The van der Waals surface area contributed by atoms with Gasteiger partial charge >= 0.3 is 12.0 Å². The molecule has 2 amide bonds. The number of unbranched alkanes of at least 4 members (excludes halogenated alkanes) is 1. The largest absolute Gasteiger partial charge is 0.480 e. The first-order chi connectivity index (χ1) is 9.02. The standard InChI is InChI=1S/C14H26N2O3/c1-3-4-5-12(13(17)18)16-14(19)15-11-8-6-10(2)7-9-11/h10-12H,3-9H2,1-2H3,(H,17,18)(H2,15,16,19)/t10?,11?,12-/m0/s1. The maximum Gasteiger partial charge on any atom is 0.326 e. The monoisotopic (exact) mass is 270 g/mol. The van der Waals surface area contributed by atoms with Crippen LogP contribution in [0.2, 0.25) is 0 Å². The summed E-state index contributed by atoms with van der Waals surface area (Å²) in [6.07, 6.45) is 6.45. The smallest absolute Gasteiger partial charge is 0.326 e. The fraction of sp³-hybridized carbons (Fsp3) is 0.857. The molecule has 0 radical (unpaired) electrons. The molecule has 0 aliphatic heterocycles. The van der Waals surface area contributed by atoms with Gasteiger partial charge in [-0.3, -0.25) is 0 Å². The number of rotatable bonds is 6. The molecule has 5 heteroatoms. The highest BCUT2D eigenvalue weighted by atomic mass is 16.4. The summed E-state index contributed by atoms with van der Waals surface area (Å²) in [4.78, 5) is 22.8. The van der Waals surface area contributed by atoms with Crippen LogP contribution in [0.5, 0.6) is 0 Å². The van der Waals surface area contributed by atoms with Gasteiger partial charge < -0.3 is 15.7 Å². The van der Waals surface area contributed by atoms with Gasteiger partial charge in [0.2, 0.25) is 0 Å². The minimum atomic E-state index is -0.958. The second kappa shape index (κ2) is 8.02. The van der Waals surface area contributed by atoms with Crippen molar-refractivity contribution in [2.24, 2.45) is 5.92 Å². The lowest BCUT2D eigenvalue weighted by Crippen LogP contribution is -2.49. The van der Waals surface area contributed by atoms with Crippen molar-refractivity contribution >= 4 is 12.0 Å². The average molecular weight is 270 g/mol. The number of nitrogens with one attached hydrogen (secondary N) is 2. The molecule has 19 heavy (non-hydrogen) atoms. The van der Waals surface area contributed by atoms with Crippen molar-refractivity contribution < 1.29 is 14.7 Å². The first-order valence-electron chi connectivity index (χ1n) is 7.32. The third-order valence-corrected chi connectivity index (χ3v) is 3.80. The Kier molecular flexibility index (Phi) is 6.67. The van der Waals surface area contributed by atoms with Crippen LogP contribution in [-0.4, -0.2) is 29.2 Å². The normalized spacial score (nSPS) is 24.5. The quantitative estimate of drug-likeness (QED) is 0.694. The Morgan fingerprint density at radius 2 is 1.89 bits per heavy atom. The van der Waals surface area contributed by atoms with Crippen LogP contribution in [0.4, 0.5) is 4.79 Å². The highest BCUT2D eigenvalue weighted by molar-refractivity contribution is 5.82. The van der Waals surface area contributed by atoms with E-state index in [9.17, 15) is 9.59 Å². The van der Waals surface area contributed by atoms with Gasteiger partial charge in [-0.15, -0.1) is 0 Å². The molecule has 3 N–H and O–H groups in total. The average Bonchev–Trinajstić information content (AvgIpc) is 2.37. The summed E-state index contributed by atoms with van der Waals surface area (Å²) >= 11 is 0. The number of amides is 2. The summed E-state index contributed by atoms with van der Waals surface area (Å²) in [7, 11) is 0. The third-order valence-electron chi connectivity index (χ3n) is 3.80. The fourth-order valence-electron chi connectivity index (χ4n) is 2.46. The van der Waals surface area contributed by atoms with Crippen molar-refractivity contribution in [2.75, 3.05) is 0 Å². The molecule has 0 bridgehead atoms. The highest BCUT2D eigenvalue weighted by Gasteiger charge is 2.23. The lowest BCUT2D eigenvalue weighted by atomic mass is 9.87. The second-order valence-electron chi connectivity index (χ2n) is 5.61. The van der Waals surface area contributed by atoms with Crippen molar-refractivity contribution in [3.05, 3.63) is 0 Å². The highest BCUT2D eigenvalue weighted by Crippen LogP contribution is 2.23. The summed E-state index contributed by atoms with van der Waals surface area (Å²) in [5, 5.41) is 14.5. The Hall–Kier alpha value is -1.26. The zero-order chi connectivity index (χ0) is 14.3. The summed E-state index contributed by atoms with van der Waals surface area (Å²) in [6, 6.07) is -0.928. The van der Waals surface area contributed by atoms with Gasteiger partial charge in [-0.05, 0) is 38.0 Å². The van der Waals surface area contributed by atoms with E-state index in [0.29, 0.717) is 6.42 Å². The van der Waals surface area contributed by atoms with Crippen LogP contribution in [0.1, 0.15) is 58.8 Å². The number of carbonyl (C=O) groups is 2. The Morgan fingerprint density at radius 1 is 1.26 bits per heavy atom. The van der Waals surface area contributed by atoms with Gasteiger partial charge in [0.25, 0.3) is 0 Å². The Balaban J connectivity index is 2.33. The van der Waals surface area contributed by atoms with Crippen molar-refractivity contribution in [1.82, 2.24) is 10.6 Å². The number of carbonyl (C=O) groups excluding carboxylic acids is 1. The molecule has 1 atom stereocenters. The molecule has 5 nitrogen and oxygen atoms in total. The Labute approximate surface area is 115 Å². The Bertz CT molecular complexity index is 299. The number of carboxylic acid groups (broad SMARTS) is 1. The molecule has 110 valence electrons. The number of hydrogen-bond acceptors (Lipinski definition) is 2. The first-order valence-corrected chi connectivity index (χ1v) is 7.32. The third kappa shape index (κ3) is 5.94. The lowest BCUT2D eigenvalue weighted by molar-refractivity contribution is -0.139. The van der Waals surface area contributed by atoms with E-state index in [4.69, 9.17) is 5.11 Å². The molecule has 1 rings (SSSR count). The molecule has 0 aromatic rings. The summed E-state index contributed by atoms with van der Waals surface area (Å²) in [6.45, 7) is 4.23. The molecule has 0 aromatic heterocycles. The minimum absolute atomic E-state index is 0.192. The molecular weight excluding hydrogens is 244 g/mol. The molecule has 1 saturated carbocycles. The van der Waals surface area contributed by atoms with E-state index in [1.165, 1.54) is 0 Å². The van der Waals surface area contributed by atoms with E-state index in [2.05, 4.69) is 17.6 Å². The van der Waals surface area contributed by atoms with Crippen LogP contribution in [0.3, 0.4) is 0 Å². The topological polar surface area (TPSA) is 78.4 Å². The van der Waals surface area contributed by atoms with Crippen LogP contribution in [0, 0.1) is 5.92 Å². The van der Waals surface area contributed by atoms with E-state index >= 15 is 0 Å². The second-order valence-corrected chi connectivity index (χ2v) is 5.61. The van der Waals surface area contributed by atoms with E-state index < -0.39 is 12.0 Å². The van der Waals surface area contributed by atoms with E-state index in [0.717, 1.165) is 44.4 Å². The zero-order valence-corrected chi connectivity index (χ0v) is 11.9. The lowest BCUT2D eigenvalue weighted by Gasteiger charge is -2.27. The molecular formula is C14H26N2O3. The van der Waals surface area contributed by atoms with Crippen molar-refractivity contribution in [3.63, 3.8) is 0 Å². The summed E-state index contributed by atoms with van der Waals surface area (Å²) in [5.41, 5.74) is 0. The van der Waals surface area contributed by atoms with E-state index in [-0.39, 0.29) is 12.1 Å². The van der Waals surface area contributed by atoms with E-state index in [1.54, 1.807) is 0 Å². The molecule has 0 saturated heterocycles. The number of aliphatic carboxylic acids is 1. The summed E-state index contributed by atoms with van der Waals surface area (Å²) in [5.74, 6) is -0.224.